The van der Waals surface area contributed by atoms with E-state index in [1.54, 1.807) is 74.8 Å². The molecule has 0 unspecified atom stereocenters. The molecule has 0 aliphatic rings. The third kappa shape index (κ3) is 4.59. The number of carbonyl (C=O) groups excluding carboxylic acids is 1. The normalized spacial score (nSPS) is 11.4. The van der Waals surface area contributed by atoms with Gasteiger partial charge in [-0.15, -0.1) is 0 Å². The lowest BCUT2D eigenvalue weighted by atomic mass is 10.1. The number of fused-ring (bicyclic) bond motifs is 1. The Morgan fingerprint density at radius 1 is 0.789 bits per heavy atom. The molecule has 1 amide bonds. The minimum atomic E-state index is -4.01. The molecule has 9 heteroatoms. The molecule has 0 saturated carbocycles. The van der Waals surface area contributed by atoms with Gasteiger partial charge in [-0.1, -0.05) is 60.7 Å². The molecule has 0 fully saturated rings. The lowest BCUT2D eigenvalue weighted by Gasteiger charge is -2.26. The molecule has 0 aliphatic heterocycles. The van der Waals surface area contributed by atoms with Crippen LogP contribution >= 0.6 is 0 Å². The quantitative estimate of drug-likeness (QED) is 0.337. The van der Waals surface area contributed by atoms with Crippen LogP contribution in [0.1, 0.15) is 15.9 Å². The van der Waals surface area contributed by atoms with Gasteiger partial charge >= 0.3 is 5.69 Å². The van der Waals surface area contributed by atoms with Crippen LogP contribution in [0.25, 0.3) is 11.0 Å². The molecular formula is C29H26N4O4S. The van der Waals surface area contributed by atoms with Crippen LogP contribution in [0.4, 0.5) is 11.4 Å². The first-order valence-electron chi connectivity index (χ1n) is 11.9. The number of benzene rings is 4. The number of nitrogens with one attached hydrogen (secondary N) is 1. The third-order valence-electron chi connectivity index (χ3n) is 6.45. The van der Waals surface area contributed by atoms with E-state index in [4.69, 9.17) is 0 Å². The number of nitrogens with zero attached hydrogens (tertiary/aromatic N) is 3. The molecule has 0 spiro atoms. The highest BCUT2D eigenvalue weighted by Crippen LogP contribution is 2.30. The summed E-state index contributed by atoms with van der Waals surface area (Å²) in [5.41, 5.74) is 2.95. The largest absolute Gasteiger partial charge is 0.328 e. The Bertz CT molecular complexity index is 1790. The topological polar surface area (TPSA) is 93.4 Å². The minimum Gasteiger partial charge on any atom is -0.322 e. The van der Waals surface area contributed by atoms with Gasteiger partial charge < -0.3 is 5.32 Å². The van der Waals surface area contributed by atoms with Crippen LogP contribution in [0, 0.1) is 0 Å². The molecule has 5 aromatic rings. The maximum Gasteiger partial charge on any atom is 0.328 e. The van der Waals surface area contributed by atoms with Crippen molar-refractivity contribution >= 4 is 38.3 Å². The minimum absolute atomic E-state index is 0.0421. The van der Waals surface area contributed by atoms with Crippen molar-refractivity contribution in [2.24, 2.45) is 14.1 Å². The molecule has 5 rings (SSSR count). The molecule has 0 aliphatic carbocycles. The first-order chi connectivity index (χ1) is 18.3. The fourth-order valence-electron chi connectivity index (χ4n) is 4.43. The SMILES string of the molecule is Cn1c(=O)n(C)c2cc(NC(=O)c3ccccc3N(Cc3ccccc3)S(=O)(=O)c3ccccc3)ccc21. The molecule has 0 bridgehead atoms. The highest BCUT2D eigenvalue weighted by atomic mass is 32.2. The van der Waals surface area contributed by atoms with Gasteiger partial charge in [0.15, 0.2) is 0 Å². The van der Waals surface area contributed by atoms with E-state index in [0.717, 1.165) is 11.1 Å². The molecule has 4 aromatic carbocycles. The van der Waals surface area contributed by atoms with Crippen molar-refractivity contribution in [2.45, 2.75) is 11.4 Å². The number of imidazole rings is 1. The maximum atomic E-state index is 13.8. The Morgan fingerprint density at radius 3 is 2.11 bits per heavy atom. The molecule has 0 atom stereocenters. The van der Waals surface area contributed by atoms with Gasteiger partial charge in [0.2, 0.25) is 0 Å². The number of hydrogen-bond donors (Lipinski definition) is 1. The summed E-state index contributed by atoms with van der Waals surface area (Å²) in [4.78, 5) is 26.0. The average molecular weight is 527 g/mol. The van der Waals surface area contributed by atoms with E-state index >= 15 is 0 Å². The Morgan fingerprint density at radius 2 is 1.39 bits per heavy atom. The molecular weight excluding hydrogens is 500 g/mol. The smallest absolute Gasteiger partial charge is 0.322 e. The number of anilines is 2. The van der Waals surface area contributed by atoms with Crippen molar-refractivity contribution in [3.05, 3.63) is 125 Å². The van der Waals surface area contributed by atoms with E-state index < -0.39 is 15.9 Å². The number of rotatable bonds is 7. The summed E-state index contributed by atoms with van der Waals surface area (Å²) in [6.07, 6.45) is 0. The van der Waals surface area contributed by atoms with Gasteiger partial charge in [0.05, 0.1) is 33.7 Å². The second-order valence-electron chi connectivity index (χ2n) is 8.89. The average Bonchev–Trinajstić information content (AvgIpc) is 3.16. The van der Waals surface area contributed by atoms with Crippen LogP contribution in [0.3, 0.4) is 0 Å². The van der Waals surface area contributed by atoms with Gasteiger partial charge in [0.25, 0.3) is 15.9 Å². The van der Waals surface area contributed by atoms with Gasteiger partial charge in [0.1, 0.15) is 0 Å². The Labute approximate surface area is 220 Å². The predicted octanol–water partition coefficient (Wildman–Crippen LogP) is 4.52. The van der Waals surface area contributed by atoms with Crippen molar-refractivity contribution in [3.63, 3.8) is 0 Å². The van der Waals surface area contributed by atoms with E-state index in [-0.39, 0.29) is 28.4 Å². The standard InChI is InChI=1S/C29H26N4O4S/c1-31-26-18-17-22(19-27(26)32(2)29(31)35)30-28(34)24-15-9-10-16-25(24)33(20-21-11-5-3-6-12-21)38(36,37)23-13-7-4-8-14-23/h3-19H,20H2,1-2H3,(H,30,34). The summed E-state index contributed by atoms with van der Waals surface area (Å²) in [7, 11) is -0.649. The number of amides is 1. The van der Waals surface area contributed by atoms with Crippen LogP contribution in [-0.2, 0) is 30.7 Å². The first-order valence-corrected chi connectivity index (χ1v) is 13.4. The second kappa shape index (κ2) is 10.0. The van der Waals surface area contributed by atoms with Gasteiger partial charge in [-0.05, 0) is 48.0 Å². The fraction of sp³-hybridized carbons (Fsp3) is 0.103. The first kappa shape index (κ1) is 25.0. The van der Waals surface area contributed by atoms with Crippen molar-refractivity contribution in [1.82, 2.24) is 9.13 Å². The Hall–Kier alpha value is -4.63. The number of carbonyl (C=O) groups is 1. The van der Waals surface area contributed by atoms with Gasteiger partial charge in [0, 0.05) is 19.8 Å². The van der Waals surface area contributed by atoms with Gasteiger partial charge in [-0.2, -0.15) is 0 Å². The summed E-state index contributed by atoms with van der Waals surface area (Å²) >= 11 is 0. The molecule has 192 valence electrons. The molecule has 1 N–H and O–H groups in total. The van der Waals surface area contributed by atoms with Crippen LogP contribution in [-0.4, -0.2) is 23.5 Å². The Kier molecular flexibility index (Phi) is 6.61. The highest BCUT2D eigenvalue weighted by molar-refractivity contribution is 7.92. The fourth-order valence-corrected chi connectivity index (χ4v) is 5.93. The third-order valence-corrected chi connectivity index (χ3v) is 8.22. The van der Waals surface area contributed by atoms with E-state index in [1.807, 2.05) is 30.3 Å². The van der Waals surface area contributed by atoms with E-state index in [1.165, 1.54) is 25.6 Å². The summed E-state index contributed by atoms with van der Waals surface area (Å²) < 4.78 is 32.0. The zero-order valence-electron chi connectivity index (χ0n) is 20.9. The molecule has 0 saturated heterocycles. The van der Waals surface area contributed by atoms with Gasteiger partial charge in [-0.3, -0.25) is 18.2 Å². The molecule has 38 heavy (non-hydrogen) atoms. The van der Waals surface area contributed by atoms with Crippen LogP contribution in [0.15, 0.2) is 113 Å². The number of aryl methyl sites for hydroxylation is 2. The van der Waals surface area contributed by atoms with E-state index in [2.05, 4.69) is 5.32 Å². The van der Waals surface area contributed by atoms with Crippen molar-refractivity contribution in [2.75, 3.05) is 9.62 Å². The van der Waals surface area contributed by atoms with Gasteiger partial charge in [-0.25, -0.2) is 13.2 Å². The lowest BCUT2D eigenvalue weighted by Crippen LogP contribution is -2.32. The molecule has 0 radical (unpaired) electrons. The van der Waals surface area contributed by atoms with Crippen molar-refractivity contribution in [3.8, 4) is 0 Å². The summed E-state index contributed by atoms with van der Waals surface area (Å²) in [5, 5.41) is 2.87. The second-order valence-corrected chi connectivity index (χ2v) is 10.7. The van der Waals surface area contributed by atoms with E-state index in [0.29, 0.717) is 11.2 Å². The van der Waals surface area contributed by atoms with Crippen LogP contribution in [0.2, 0.25) is 0 Å². The number of hydrogen-bond acceptors (Lipinski definition) is 4. The van der Waals surface area contributed by atoms with E-state index in [9.17, 15) is 18.0 Å². The number of aromatic nitrogens is 2. The maximum absolute atomic E-state index is 13.8. The van der Waals surface area contributed by atoms with Crippen molar-refractivity contribution in [1.29, 1.82) is 0 Å². The summed E-state index contributed by atoms with van der Waals surface area (Å²) in [5.74, 6) is -0.470. The van der Waals surface area contributed by atoms with Crippen LogP contribution < -0.4 is 15.3 Å². The number of sulfonamides is 1. The zero-order chi connectivity index (χ0) is 26.9. The Balaban J connectivity index is 1.56. The zero-order valence-corrected chi connectivity index (χ0v) is 21.7. The molecule has 1 heterocycles. The lowest BCUT2D eigenvalue weighted by molar-refractivity contribution is 0.102. The summed E-state index contributed by atoms with van der Waals surface area (Å²) in [6, 6.07) is 29.2. The summed E-state index contributed by atoms with van der Waals surface area (Å²) in [6.45, 7) is 0.0421. The molecule has 8 nitrogen and oxygen atoms in total. The monoisotopic (exact) mass is 526 g/mol. The van der Waals surface area contributed by atoms with Crippen LogP contribution in [0.5, 0.6) is 0 Å². The van der Waals surface area contributed by atoms with Crippen molar-refractivity contribution < 1.29 is 13.2 Å². The predicted molar refractivity (Wildman–Crippen MR) is 149 cm³/mol. The number of para-hydroxylation sites is 1. The highest BCUT2D eigenvalue weighted by Gasteiger charge is 2.28. The molecule has 1 aromatic heterocycles.